The third kappa shape index (κ3) is 2.60. The molecular weight excluding hydrogens is 300 g/mol. The zero-order valence-corrected chi connectivity index (χ0v) is 11.2. The Labute approximate surface area is 105 Å². The SMILES string of the molecule is Clc1ccc(C(Br)Cc2ccsc2)s1. The van der Waals surface area contributed by atoms with E-state index in [2.05, 4.69) is 38.8 Å². The minimum absolute atomic E-state index is 0.384. The van der Waals surface area contributed by atoms with Gasteiger partial charge in [0.15, 0.2) is 0 Å². The second-order valence-electron chi connectivity index (χ2n) is 2.95. The quantitative estimate of drug-likeness (QED) is 0.689. The third-order valence-corrected chi connectivity index (χ3v) is 5.09. The second kappa shape index (κ2) is 4.79. The van der Waals surface area contributed by atoms with Gasteiger partial charge in [-0.15, -0.1) is 11.3 Å². The lowest BCUT2D eigenvalue weighted by atomic mass is 10.2. The molecule has 0 radical (unpaired) electrons. The molecule has 0 saturated heterocycles. The molecule has 0 aliphatic rings. The fraction of sp³-hybridized carbons (Fsp3) is 0.200. The molecule has 1 atom stereocenters. The predicted octanol–water partition coefficient (Wildman–Crippen LogP) is 5.14. The Balaban J connectivity index is 2.06. The van der Waals surface area contributed by atoms with Crippen molar-refractivity contribution in [2.45, 2.75) is 11.2 Å². The monoisotopic (exact) mass is 306 g/mol. The largest absolute Gasteiger partial charge is 0.152 e. The van der Waals surface area contributed by atoms with Crippen LogP contribution in [0.1, 0.15) is 15.3 Å². The van der Waals surface area contributed by atoms with Crippen molar-refractivity contribution in [1.82, 2.24) is 0 Å². The van der Waals surface area contributed by atoms with Crippen LogP contribution >= 0.6 is 50.2 Å². The topological polar surface area (TPSA) is 0 Å². The van der Waals surface area contributed by atoms with Gasteiger partial charge in [0.25, 0.3) is 0 Å². The van der Waals surface area contributed by atoms with Gasteiger partial charge in [-0.1, -0.05) is 27.5 Å². The summed E-state index contributed by atoms with van der Waals surface area (Å²) in [4.78, 5) is 1.68. The predicted molar refractivity (Wildman–Crippen MR) is 69.0 cm³/mol. The number of hydrogen-bond donors (Lipinski definition) is 0. The minimum atomic E-state index is 0.384. The van der Waals surface area contributed by atoms with Crippen molar-refractivity contribution in [2.24, 2.45) is 0 Å². The van der Waals surface area contributed by atoms with E-state index in [4.69, 9.17) is 11.6 Å². The molecule has 0 N–H and O–H groups in total. The van der Waals surface area contributed by atoms with Crippen LogP contribution in [0.4, 0.5) is 0 Å². The summed E-state index contributed by atoms with van der Waals surface area (Å²) in [6.07, 6.45) is 1.03. The standard InChI is InChI=1S/C10H8BrClS2/c11-8(5-7-3-4-13-6-7)9-1-2-10(12)14-9/h1-4,6,8H,5H2. The highest BCUT2D eigenvalue weighted by atomic mass is 79.9. The molecule has 0 aliphatic carbocycles. The normalized spacial score (nSPS) is 13.0. The molecule has 0 saturated carbocycles. The van der Waals surface area contributed by atoms with Crippen LogP contribution in [-0.2, 0) is 6.42 Å². The molecule has 2 rings (SSSR count). The van der Waals surface area contributed by atoms with Crippen LogP contribution in [0.25, 0.3) is 0 Å². The molecule has 1 unspecified atom stereocenters. The third-order valence-electron chi connectivity index (χ3n) is 1.90. The molecule has 2 aromatic rings. The Morgan fingerprint density at radius 1 is 1.36 bits per heavy atom. The van der Waals surface area contributed by atoms with Gasteiger partial charge in [0.2, 0.25) is 0 Å². The molecule has 0 bridgehead atoms. The molecule has 0 aromatic carbocycles. The Morgan fingerprint density at radius 2 is 2.21 bits per heavy atom. The van der Waals surface area contributed by atoms with E-state index in [1.165, 1.54) is 10.4 Å². The van der Waals surface area contributed by atoms with Crippen LogP contribution in [-0.4, -0.2) is 0 Å². The summed E-state index contributed by atoms with van der Waals surface area (Å²) >= 11 is 12.9. The van der Waals surface area contributed by atoms with E-state index < -0.39 is 0 Å². The van der Waals surface area contributed by atoms with Crippen molar-refractivity contribution < 1.29 is 0 Å². The lowest BCUT2D eigenvalue weighted by Gasteiger charge is -2.04. The molecule has 74 valence electrons. The van der Waals surface area contributed by atoms with E-state index in [1.807, 2.05) is 6.07 Å². The molecule has 2 heterocycles. The molecule has 4 heteroatoms. The van der Waals surface area contributed by atoms with E-state index in [0.717, 1.165) is 10.8 Å². The van der Waals surface area contributed by atoms with Crippen molar-refractivity contribution in [3.8, 4) is 0 Å². The first-order valence-corrected chi connectivity index (χ1v) is 7.21. The second-order valence-corrected chi connectivity index (χ2v) is 6.58. The molecule has 0 spiro atoms. The zero-order chi connectivity index (χ0) is 9.97. The summed E-state index contributed by atoms with van der Waals surface area (Å²) in [6.45, 7) is 0. The van der Waals surface area contributed by atoms with Crippen LogP contribution < -0.4 is 0 Å². The van der Waals surface area contributed by atoms with Crippen LogP contribution in [0, 0.1) is 0 Å². The van der Waals surface area contributed by atoms with E-state index in [-0.39, 0.29) is 0 Å². The maximum atomic E-state index is 5.89. The van der Waals surface area contributed by atoms with E-state index in [1.54, 1.807) is 22.7 Å². The highest BCUT2D eigenvalue weighted by Gasteiger charge is 2.10. The molecule has 0 aliphatic heterocycles. The van der Waals surface area contributed by atoms with E-state index >= 15 is 0 Å². The number of hydrogen-bond acceptors (Lipinski definition) is 2. The average molecular weight is 308 g/mol. The highest BCUT2D eigenvalue weighted by Crippen LogP contribution is 2.34. The lowest BCUT2D eigenvalue weighted by Crippen LogP contribution is -1.90. The molecule has 0 fully saturated rings. The van der Waals surface area contributed by atoms with Gasteiger partial charge in [0, 0.05) is 4.88 Å². The Morgan fingerprint density at radius 3 is 2.79 bits per heavy atom. The van der Waals surface area contributed by atoms with Crippen LogP contribution in [0.15, 0.2) is 29.0 Å². The minimum Gasteiger partial charge on any atom is -0.152 e. The fourth-order valence-electron chi connectivity index (χ4n) is 1.21. The van der Waals surface area contributed by atoms with Crippen molar-refractivity contribution >= 4 is 50.2 Å². The smallest absolute Gasteiger partial charge is 0.0931 e. The van der Waals surface area contributed by atoms with Crippen LogP contribution in [0.2, 0.25) is 4.34 Å². The van der Waals surface area contributed by atoms with Gasteiger partial charge in [-0.05, 0) is 40.9 Å². The summed E-state index contributed by atoms with van der Waals surface area (Å²) in [5, 5.41) is 4.29. The lowest BCUT2D eigenvalue weighted by molar-refractivity contribution is 0.976. The Hall–Kier alpha value is 0.170. The molecule has 14 heavy (non-hydrogen) atoms. The van der Waals surface area contributed by atoms with Crippen molar-refractivity contribution in [1.29, 1.82) is 0 Å². The first-order chi connectivity index (χ1) is 6.75. The zero-order valence-electron chi connectivity index (χ0n) is 7.24. The highest BCUT2D eigenvalue weighted by molar-refractivity contribution is 9.09. The number of alkyl halides is 1. The maximum absolute atomic E-state index is 5.89. The van der Waals surface area contributed by atoms with E-state index in [9.17, 15) is 0 Å². The first-order valence-electron chi connectivity index (χ1n) is 4.16. The molecule has 0 nitrogen and oxygen atoms in total. The van der Waals surface area contributed by atoms with Gasteiger partial charge in [0.05, 0.1) is 9.16 Å². The van der Waals surface area contributed by atoms with Crippen molar-refractivity contribution in [2.75, 3.05) is 0 Å². The van der Waals surface area contributed by atoms with Gasteiger partial charge in [0.1, 0.15) is 0 Å². The van der Waals surface area contributed by atoms with E-state index in [0.29, 0.717) is 4.83 Å². The Bertz CT molecular complexity index is 394. The first kappa shape index (κ1) is 10.7. The van der Waals surface area contributed by atoms with Gasteiger partial charge < -0.3 is 0 Å². The number of thiophene rings is 2. The van der Waals surface area contributed by atoms with Crippen molar-refractivity contribution in [3.63, 3.8) is 0 Å². The Kier molecular flexibility index (Phi) is 3.66. The van der Waals surface area contributed by atoms with Crippen LogP contribution in [0.3, 0.4) is 0 Å². The number of rotatable bonds is 3. The molecular formula is C10H8BrClS2. The van der Waals surface area contributed by atoms with Crippen molar-refractivity contribution in [3.05, 3.63) is 43.7 Å². The van der Waals surface area contributed by atoms with Gasteiger partial charge >= 0.3 is 0 Å². The summed E-state index contributed by atoms with van der Waals surface area (Å²) in [7, 11) is 0. The van der Waals surface area contributed by atoms with Gasteiger partial charge in [-0.2, -0.15) is 11.3 Å². The van der Waals surface area contributed by atoms with Gasteiger partial charge in [-0.25, -0.2) is 0 Å². The number of halogens is 2. The summed E-state index contributed by atoms with van der Waals surface area (Å²) in [6, 6.07) is 6.19. The maximum Gasteiger partial charge on any atom is 0.0931 e. The average Bonchev–Trinajstić information content (AvgIpc) is 2.75. The summed E-state index contributed by atoms with van der Waals surface area (Å²) in [5.41, 5.74) is 1.38. The molecule has 0 amide bonds. The fourth-order valence-corrected chi connectivity index (χ4v) is 3.74. The molecule has 2 aromatic heterocycles. The summed E-state index contributed by atoms with van der Waals surface area (Å²) < 4.78 is 0.856. The van der Waals surface area contributed by atoms with Gasteiger partial charge in [-0.3, -0.25) is 0 Å². The van der Waals surface area contributed by atoms with Crippen LogP contribution in [0.5, 0.6) is 0 Å². The summed E-state index contributed by atoms with van der Waals surface area (Å²) in [5.74, 6) is 0.